The highest BCUT2D eigenvalue weighted by Crippen LogP contribution is 2.27. The molecule has 30 heavy (non-hydrogen) atoms. The van der Waals surface area contributed by atoms with Gasteiger partial charge in [0.15, 0.2) is 0 Å². The molecular formula is C25H38O5. The average molecular weight is 419 g/mol. The number of carbonyl (C=O) groups is 2. The third-order valence-electron chi connectivity index (χ3n) is 5.36. The molecule has 5 nitrogen and oxygen atoms in total. The molecule has 168 valence electrons. The van der Waals surface area contributed by atoms with Crippen LogP contribution in [-0.2, 0) is 30.4 Å². The molecule has 3 rings (SSSR count). The summed E-state index contributed by atoms with van der Waals surface area (Å²) in [6.45, 7) is 8.27. The van der Waals surface area contributed by atoms with Crippen LogP contribution in [0.5, 0.6) is 0 Å². The number of esters is 1. The van der Waals surface area contributed by atoms with Gasteiger partial charge in [0, 0.05) is 19.3 Å². The predicted octanol–water partition coefficient (Wildman–Crippen LogP) is 5.25. The standard InChI is InChI=1S/C19H26O3.C6H12O2/c20-19-8-4-7-16(19)14-22-18-11-9-17(10-12-18)21-13-15-5-2-1-3-6-15;1-5(7)8-6(2,3)4/h1-3,5-6,16-18H,4,7-14H2;1-4H3. The highest BCUT2D eigenvalue weighted by molar-refractivity contribution is 5.82. The van der Waals surface area contributed by atoms with E-state index in [-0.39, 0.29) is 17.5 Å². The first kappa shape index (κ1) is 24.5. The fourth-order valence-corrected chi connectivity index (χ4v) is 3.90. The zero-order chi connectivity index (χ0) is 22.0. The van der Waals surface area contributed by atoms with E-state index in [0.717, 1.165) is 44.9 Å². The first-order valence-corrected chi connectivity index (χ1v) is 11.2. The average Bonchev–Trinajstić information content (AvgIpc) is 3.10. The van der Waals surface area contributed by atoms with Crippen molar-refractivity contribution in [3.63, 3.8) is 0 Å². The minimum absolute atomic E-state index is 0.173. The molecule has 0 N–H and O–H groups in total. The van der Waals surface area contributed by atoms with Gasteiger partial charge in [0.1, 0.15) is 11.4 Å². The SMILES string of the molecule is CC(=O)OC(C)(C)C.O=C1CCCC1COC1CCC(OCc2ccccc2)CC1. The molecule has 1 aromatic rings. The Kier molecular flexibility index (Phi) is 9.99. The molecule has 2 aliphatic carbocycles. The van der Waals surface area contributed by atoms with E-state index in [9.17, 15) is 9.59 Å². The second-order valence-corrected chi connectivity index (χ2v) is 9.29. The van der Waals surface area contributed by atoms with Crippen LogP contribution in [0.1, 0.15) is 78.2 Å². The second-order valence-electron chi connectivity index (χ2n) is 9.29. The van der Waals surface area contributed by atoms with Gasteiger partial charge in [0.25, 0.3) is 0 Å². The number of ketones is 1. The number of hydrogen-bond acceptors (Lipinski definition) is 5. The van der Waals surface area contributed by atoms with Crippen LogP contribution in [0.3, 0.4) is 0 Å². The number of rotatable bonds is 6. The van der Waals surface area contributed by atoms with Crippen molar-refractivity contribution in [2.75, 3.05) is 6.61 Å². The molecule has 0 aromatic heterocycles. The van der Waals surface area contributed by atoms with Gasteiger partial charge in [-0.2, -0.15) is 0 Å². The summed E-state index contributed by atoms with van der Waals surface area (Å²) in [5, 5.41) is 0. The molecule has 0 amide bonds. The van der Waals surface area contributed by atoms with E-state index in [0.29, 0.717) is 31.2 Å². The lowest BCUT2D eigenvalue weighted by Gasteiger charge is -2.29. The molecule has 1 atom stereocenters. The Morgan fingerprint density at radius 2 is 1.57 bits per heavy atom. The lowest BCUT2D eigenvalue weighted by Crippen LogP contribution is -2.28. The molecular weight excluding hydrogens is 380 g/mol. The molecule has 2 fully saturated rings. The third-order valence-corrected chi connectivity index (χ3v) is 5.36. The molecule has 0 bridgehead atoms. The molecule has 0 heterocycles. The van der Waals surface area contributed by atoms with E-state index in [1.54, 1.807) is 0 Å². The molecule has 1 unspecified atom stereocenters. The smallest absolute Gasteiger partial charge is 0.303 e. The van der Waals surface area contributed by atoms with Gasteiger partial charge in [-0.15, -0.1) is 0 Å². The maximum Gasteiger partial charge on any atom is 0.303 e. The van der Waals surface area contributed by atoms with E-state index < -0.39 is 0 Å². The van der Waals surface area contributed by atoms with Crippen LogP contribution in [0.2, 0.25) is 0 Å². The Bertz CT molecular complexity index is 641. The topological polar surface area (TPSA) is 61.8 Å². The highest BCUT2D eigenvalue weighted by atomic mass is 16.6. The van der Waals surface area contributed by atoms with Gasteiger partial charge in [-0.25, -0.2) is 0 Å². The number of benzene rings is 1. The van der Waals surface area contributed by atoms with Crippen LogP contribution in [0.25, 0.3) is 0 Å². The quantitative estimate of drug-likeness (QED) is 0.591. The Morgan fingerprint density at radius 3 is 2.03 bits per heavy atom. The van der Waals surface area contributed by atoms with Gasteiger partial charge >= 0.3 is 5.97 Å². The maximum absolute atomic E-state index is 11.6. The van der Waals surface area contributed by atoms with E-state index in [4.69, 9.17) is 14.2 Å². The van der Waals surface area contributed by atoms with E-state index in [2.05, 4.69) is 12.1 Å². The molecule has 0 saturated heterocycles. The maximum atomic E-state index is 11.6. The van der Waals surface area contributed by atoms with Crippen molar-refractivity contribution in [2.24, 2.45) is 5.92 Å². The van der Waals surface area contributed by atoms with Gasteiger partial charge in [-0.05, 0) is 64.9 Å². The van der Waals surface area contributed by atoms with Gasteiger partial charge in [0.05, 0.1) is 25.4 Å². The van der Waals surface area contributed by atoms with Crippen molar-refractivity contribution in [1.29, 1.82) is 0 Å². The normalized spacial score (nSPS) is 24.1. The number of ether oxygens (including phenoxy) is 3. The molecule has 5 heteroatoms. The number of hydrogen-bond donors (Lipinski definition) is 0. The summed E-state index contributed by atoms with van der Waals surface area (Å²) in [6.07, 6.45) is 7.75. The molecule has 1 aromatic carbocycles. The van der Waals surface area contributed by atoms with Crippen molar-refractivity contribution in [2.45, 2.75) is 97.1 Å². The van der Waals surface area contributed by atoms with E-state index >= 15 is 0 Å². The molecule has 0 aliphatic heterocycles. The Labute approximate surface area is 181 Å². The van der Waals surface area contributed by atoms with Gasteiger partial charge in [0.2, 0.25) is 0 Å². The first-order valence-electron chi connectivity index (χ1n) is 11.2. The minimum atomic E-state index is -0.328. The van der Waals surface area contributed by atoms with Crippen LogP contribution >= 0.6 is 0 Å². The lowest BCUT2D eigenvalue weighted by molar-refractivity contribution is -0.151. The third kappa shape index (κ3) is 9.86. The summed E-state index contributed by atoms with van der Waals surface area (Å²) < 4.78 is 16.8. The zero-order valence-corrected chi connectivity index (χ0v) is 19.0. The van der Waals surface area contributed by atoms with Gasteiger partial charge in [-0.3, -0.25) is 9.59 Å². The Morgan fingerprint density at radius 1 is 0.967 bits per heavy atom. The molecule has 0 radical (unpaired) electrons. The van der Waals surface area contributed by atoms with E-state index in [1.807, 2.05) is 39.0 Å². The summed E-state index contributed by atoms with van der Waals surface area (Å²) in [4.78, 5) is 21.9. The highest BCUT2D eigenvalue weighted by Gasteiger charge is 2.27. The Balaban J connectivity index is 0.000000343. The molecule has 2 saturated carbocycles. The van der Waals surface area contributed by atoms with Crippen LogP contribution in [0.15, 0.2) is 30.3 Å². The summed E-state index contributed by atoms with van der Waals surface area (Å²) in [5.41, 5.74) is 0.909. The lowest BCUT2D eigenvalue weighted by atomic mass is 9.94. The zero-order valence-electron chi connectivity index (χ0n) is 19.0. The van der Waals surface area contributed by atoms with Crippen molar-refractivity contribution >= 4 is 11.8 Å². The van der Waals surface area contributed by atoms with Gasteiger partial charge < -0.3 is 14.2 Å². The van der Waals surface area contributed by atoms with Crippen LogP contribution in [0.4, 0.5) is 0 Å². The predicted molar refractivity (Wildman–Crippen MR) is 117 cm³/mol. The fraction of sp³-hybridized carbons (Fsp3) is 0.680. The van der Waals surface area contributed by atoms with Crippen molar-refractivity contribution in [3.8, 4) is 0 Å². The largest absolute Gasteiger partial charge is 0.460 e. The molecule has 2 aliphatic rings. The first-order chi connectivity index (χ1) is 14.2. The summed E-state index contributed by atoms with van der Waals surface area (Å²) >= 11 is 0. The summed E-state index contributed by atoms with van der Waals surface area (Å²) in [5.74, 6) is 0.351. The van der Waals surface area contributed by atoms with Crippen molar-refractivity contribution in [3.05, 3.63) is 35.9 Å². The van der Waals surface area contributed by atoms with Crippen LogP contribution in [0, 0.1) is 5.92 Å². The monoisotopic (exact) mass is 418 g/mol. The number of carbonyl (C=O) groups excluding carboxylic acids is 2. The minimum Gasteiger partial charge on any atom is -0.460 e. The second kappa shape index (κ2) is 12.2. The number of Topliss-reactive ketones (excluding diaryl/α,β-unsaturated/α-hetero) is 1. The summed E-state index contributed by atoms with van der Waals surface area (Å²) in [7, 11) is 0. The summed E-state index contributed by atoms with van der Waals surface area (Å²) in [6, 6.07) is 10.3. The molecule has 0 spiro atoms. The van der Waals surface area contributed by atoms with Gasteiger partial charge in [-0.1, -0.05) is 30.3 Å². The van der Waals surface area contributed by atoms with Crippen LogP contribution < -0.4 is 0 Å². The van der Waals surface area contributed by atoms with Crippen molar-refractivity contribution in [1.82, 2.24) is 0 Å². The van der Waals surface area contributed by atoms with E-state index in [1.165, 1.54) is 12.5 Å². The Hall–Kier alpha value is -1.72. The van der Waals surface area contributed by atoms with Crippen LogP contribution in [-0.4, -0.2) is 36.2 Å². The fourth-order valence-electron chi connectivity index (χ4n) is 3.90. The van der Waals surface area contributed by atoms with Crippen molar-refractivity contribution < 1.29 is 23.8 Å².